The zero-order chi connectivity index (χ0) is 25.7. The van der Waals surface area contributed by atoms with Gasteiger partial charge in [-0.15, -0.1) is 0 Å². The molecule has 4 aliphatic rings. The molecule has 3 fully saturated rings. The SMILES string of the molecule is O=C(O)Cc1ccc(Nc2nc(N3C4CC3CN(c3ccc(Cl)cc3)C4)nc3c2S(=O)(=O)CCC3)cc1. The number of aryl methyl sites for hydroxylation is 1. The van der Waals surface area contributed by atoms with E-state index in [0.29, 0.717) is 40.8 Å². The number of benzene rings is 2. The van der Waals surface area contributed by atoms with Gasteiger partial charge in [0.2, 0.25) is 5.95 Å². The molecule has 1 aromatic heterocycles. The van der Waals surface area contributed by atoms with Crippen LogP contribution in [0.5, 0.6) is 0 Å². The average molecular weight is 540 g/mol. The molecule has 2 N–H and O–H groups in total. The Hall–Kier alpha value is -3.37. The molecule has 37 heavy (non-hydrogen) atoms. The van der Waals surface area contributed by atoms with Crippen LogP contribution in [-0.2, 0) is 27.5 Å². The Morgan fingerprint density at radius 2 is 1.76 bits per heavy atom. The van der Waals surface area contributed by atoms with Gasteiger partial charge in [-0.1, -0.05) is 23.7 Å². The number of carboxylic acids is 1. The second kappa shape index (κ2) is 9.18. The molecule has 0 amide bonds. The van der Waals surface area contributed by atoms with E-state index < -0.39 is 15.8 Å². The Balaban J connectivity index is 1.30. The van der Waals surface area contributed by atoms with Gasteiger partial charge in [-0.2, -0.15) is 4.98 Å². The number of hydrogen-bond donors (Lipinski definition) is 2. The van der Waals surface area contributed by atoms with Crippen LogP contribution in [0.25, 0.3) is 0 Å². The third kappa shape index (κ3) is 4.59. The molecule has 0 aliphatic carbocycles. The number of sulfone groups is 1. The van der Waals surface area contributed by atoms with Crippen molar-refractivity contribution in [2.75, 3.05) is 34.0 Å². The van der Waals surface area contributed by atoms with Crippen LogP contribution < -0.4 is 15.1 Å². The molecule has 4 aliphatic heterocycles. The fourth-order valence-electron chi connectivity index (χ4n) is 5.53. The minimum atomic E-state index is -3.52. The Bertz CT molecular complexity index is 1450. The van der Waals surface area contributed by atoms with Crippen molar-refractivity contribution < 1.29 is 18.3 Å². The molecule has 2 bridgehead atoms. The topological polar surface area (TPSA) is 116 Å². The highest BCUT2D eigenvalue weighted by Gasteiger charge is 2.47. The Labute approximate surface area is 220 Å². The van der Waals surface area contributed by atoms with Crippen LogP contribution in [0.2, 0.25) is 5.02 Å². The highest BCUT2D eigenvalue weighted by molar-refractivity contribution is 7.91. The van der Waals surface area contributed by atoms with E-state index in [4.69, 9.17) is 26.7 Å². The number of rotatable bonds is 6. The van der Waals surface area contributed by atoms with Crippen molar-refractivity contribution in [2.45, 2.75) is 42.7 Å². The predicted molar refractivity (Wildman–Crippen MR) is 142 cm³/mol. The smallest absolute Gasteiger partial charge is 0.307 e. The Morgan fingerprint density at radius 3 is 2.43 bits per heavy atom. The maximum Gasteiger partial charge on any atom is 0.307 e. The number of nitrogens with zero attached hydrogens (tertiary/aromatic N) is 4. The summed E-state index contributed by atoms with van der Waals surface area (Å²) in [6.45, 7) is 1.65. The summed E-state index contributed by atoms with van der Waals surface area (Å²) in [5, 5.41) is 12.9. The van der Waals surface area contributed by atoms with Gasteiger partial charge in [0.1, 0.15) is 4.90 Å². The zero-order valence-electron chi connectivity index (χ0n) is 20.0. The quantitative estimate of drug-likeness (QED) is 0.483. The Morgan fingerprint density at radius 1 is 1.05 bits per heavy atom. The third-order valence-corrected chi connectivity index (χ3v) is 9.38. The fourth-order valence-corrected chi connectivity index (χ4v) is 7.28. The number of aromatic nitrogens is 2. The molecule has 2 atom stereocenters. The highest BCUT2D eigenvalue weighted by Crippen LogP contribution is 2.40. The van der Waals surface area contributed by atoms with E-state index in [1.165, 1.54) is 0 Å². The summed E-state index contributed by atoms with van der Waals surface area (Å²) in [6.07, 6.45) is 2.08. The molecule has 2 unspecified atom stereocenters. The normalized spacial score (nSPS) is 21.6. The van der Waals surface area contributed by atoms with Gasteiger partial charge in [0.05, 0.1) is 30.0 Å². The number of hydrogen-bond acceptors (Lipinski definition) is 8. The number of fused-ring (bicyclic) bond motifs is 3. The minimum Gasteiger partial charge on any atom is -0.481 e. The largest absolute Gasteiger partial charge is 0.481 e. The van der Waals surface area contributed by atoms with Gasteiger partial charge in [-0.05, 0) is 61.2 Å². The van der Waals surface area contributed by atoms with Gasteiger partial charge >= 0.3 is 5.97 Å². The summed E-state index contributed by atoms with van der Waals surface area (Å²) in [5.74, 6) is -0.000873. The molecule has 9 nitrogen and oxygen atoms in total. The number of carbonyl (C=O) groups is 1. The highest BCUT2D eigenvalue weighted by atomic mass is 35.5. The monoisotopic (exact) mass is 539 g/mol. The van der Waals surface area contributed by atoms with Crippen LogP contribution in [0.1, 0.15) is 24.1 Å². The lowest BCUT2D eigenvalue weighted by Gasteiger charge is -2.57. The van der Waals surface area contributed by atoms with Crippen molar-refractivity contribution in [3.05, 3.63) is 64.8 Å². The lowest BCUT2D eigenvalue weighted by molar-refractivity contribution is -0.136. The molecular formula is C26H26ClN5O4S. The molecule has 0 spiro atoms. The first-order valence-corrected chi connectivity index (χ1v) is 14.3. The van der Waals surface area contributed by atoms with Gasteiger partial charge in [0.25, 0.3) is 0 Å². The summed E-state index contributed by atoms with van der Waals surface area (Å²) in [7, 11) is -3.52. The van der Waals surface area contributed by atoms with E-state index in [1.54, 1.807) is 24.3 Å². The van der Waals surface area contributed by atoms with Crippen LogP contribution in [0.15, 0.2) is 53.4 Å². The summed E-state index contributed by atoms with van der Waals surface area (Å²) in [6, 6.07) is 15.2. The molecule has 2 aromatic carbocycles. The van der Waals surface area contributed by atoms with E-state index in [0.717, 1.165) is 25.2 Å². The molecule has 11 heteroatoms. The number of carboxylic acid groups (broad SMARTS) is 1. The molecule has 7 rings (SSSR count). The van der Waals surface area contributed by atoms with Gasteiger partial charge in [-0.25, -0.2) is 13.4 Å². The van der Waals surface area contributed by atoms with E-state index >= 15 is 0 Å². The van der Waals surface area contributed by atoms with Gasteiger partial charge < -0.3 is 20.2 Å². The lowest BCUT2D eigenvalue weighted by Crippen LogP contribution is -2.69. The van der Waals surface area contributed by atoms with Crippen molar-refractivity contribution in [3.63, 3.8) is 0 Å². The van der Waals surface area contributed by atoms with Crippen LogP contribution >= 0.6 is 11.6 Å². The number of anilines is 4. The number of nitrogens with one attached hydrogen (secondary N) is 1. The summed E-state index contributed by atoms with van der Waals surface area (Å²) in [4.78, 5) is 25.2. The van der Waals surface area contributed by atoms with Crippen molar-refractivity contribution in [1.82, 2.24) is 9.97 Å². The van der Waals surface area contributed by atoms with Crippen LogP contribution in [0.3, 0.4) is 0 Å². The first-order valence-electron chi connectivity index (χ1n) is 12.3. The van der Waals surface area contributed by atoms with E-state index in [9.17, 15) is 13.2 Å². The molecular weight excluding hydrogens is 514 g/mol. The molecule has 3 saturated heterocycles. The molecule has 192 valence electrons. The third-order valence-electron chi connectivity index (χ3n) is 7.25. The zero-order valence-corrected chi connectivity index (χ0v) is 21.5. The molecule has 0 radical (unpaired) electrons. The van der Waals surface area contributed by atoms with E-state index in [1.807, 2.05) is 24.3 Å². The summed E-state index contributed by atoms with van der Waals surface area (Å²) >= 11 is 6.05. The van der Waals surface area contributed by atoms with Crippen molar-refractivity contribution >= 4 is 50.5 Å². The van der Waals surface area contributed by atoms with E-state index in [-0.39, 0.29) is 35.0 Å². The lowest BCUT2D eigenvalue weighted by atomic mass is 9.87. The number of piperazine rings is 1. The minimum absolute atomic E-state index is 0.0694. The van der Waals surface area contributed by atoms with Crippen LogP contribution in [0.4, 0.5) is 23.1 Å². The van der Waals surface area contributed by atoms with E-state index in [2.05, 4.69) is 15.1 Å². The number of aliphatic carboxylic acids is 1. The van der Waals surface area contributed by atoms with Crippen molar-refractivity contribution in [2.24, 2.45) is 0 Å². The first kappa shape index (κ1) is 24.0. The predicted octanol–water partition coefficient (Wildman–Crippen LogP) is 3.69. The average Bonchev–Trinajstić information content (AvgIpc) is 2.85. The van der Waals surface area contributed by atoms with Crippen molar-refractivity contribution in [3.8, 4) is 0 Å². The standard InChI is InChI=1S/C26H26ClN5O4S/c27-17-5-9-19(10-6-17)31-14-20-13-21(15-31)32(20)26-29-22-2-1-11-37(35,36)24(22)25(30-26)28-18-7-3-16(4-8-18)12-23(33)34/h3-10,20-21H,1-2,11-15H2,(H,33,34)(H,28,29,30). The van der Waals surface area contributed by atoms with Crippen LogP contribution in [0, 0.1) is 0 Å². The fraction of sp³-hybridized carbons (Fsp3) is 0.346. The summed E-state index contributed by atoms with van der Waals surface area (Å²) in [5.41, 5.74) is 2.99. The number of piperidine rings is 1. The molecule has 0 saturated carbocycles. The molecule has 3 aromatic rings. The summed E-state index contributed by atoms with van der Waals surface area (Å²) < 4.78 is 26.1. The number of halogens is 1. The van der Waals surface area contributed by atoms with Crippen molar-refractivity contribution in [1.29, 1.82) is 0 Å². The first-order chi connectivity index (χ1) is 17.8. The Kier molecular flexibility index (Phi) is 5.95. The maximum atomic E-state index is 13.0. The van der Waals surface area contributed by atoms with Gasteiger partial charge in [0, 0.05) is 29.5 Å². The van der Waals surface area contributed by atoms with Crippen LogP contribution in [-0.4, -0.2) is 60.4 Å². The maximum absolute atomic E-state index is 13.0. The molecule has 5 heterocycles. The second-order valence-corrected chi connectivity index (χ2v) is 12.3. The second-order valence-electron chi connectivity index (χ2n) is 9.79. The van der Waals surface area contributed by atoms with Gasteiger partial charge in [-0.3, -0.25) is 4.79 Å². The van der Waals surface area contributed by atoms with Gasteiger partial charge in [0.15, 0.2) is 15.7 Å².